The minimum absolute atomic E-state index is 0.0859. The molecule has 2 aromatic heterocycles. The lowest BCUT2D eigenvalue weighted by Crippen LogP contribution is -2.15. The Hall–Kier alpha value is -9.38. The standard InChI is InChI=1S/C69H50N4/c1-69(2)63-27-15-12-24-57(63)62-44-54(40-43-64(62)69)71(56-39-42-61-59-26-14-17-29-66(59)73(68(61)46-56)51-22-10-5-11-23-51)53-36-32-48(33-37-53)47-30-34-52(35-31-47)70(49-18-6-3-7-19-49)55-38-41-60-58-25-13-16-28-65(58)72(67(60)45-55)50-20-8-4-9-21-50/h3-46H,1-2H3. The second-order valence-electron chi connectivity index (χ2n) is 19.8. The summed E-state index contributed by atoms with van der Waals surface area (Å²) >= 11 is 0. The molecule has 0 atom stereocenters. The molecule has 0 fully saturated rings. The van der Waals surface area contributed by atoms with Crippen LogP contribution in [-0.2, 0) is 5.41 Å². The van der Waals surface area contributed by atoms with E-state index in [0.717, 1.165) is 56.6 Å². The van der Waals surface area contributed by atoms with Crippen molar-refractivity contribution in [1.29, 1.82) is 0 Å². The van der Waals surface area contributed by atoms with Crippen molar-refractivity contribution in [3.63, 3.8) is 0 Å². The van der Waals surface area contributed by atoms with Gasteiger partial charge in [-0.3, -0.25) is 0 Å². The van der Waals surface area contributed by atoms with Crippen LogP contribution in [-0.4, -0.2) is 9.13 Å². The summed E-state index contributed by atoms with van der Waals surface area (Å²) in [5.74, 6) is 0. The topological polar surface area (TPSA) is 16.3 Å². The molecular formula is C69H50N4. The predicted molar refractivity (Wildman–Crippen MR) is 307 cm³/mol. The smallest absolute Gasteiger partial charge is 0.0561 e. The first-order chi connectivity index (χ1) is 36.0. The number of nitrogens with zero attached hydrogens (tertiary/aromatic N) is 4. The average molecular weight is 935 g/mol. The highest BCUT2D eigenvalue weighted by atomic mass is 15.2. The zero-order valence-electron chi connectivity index (χ0n) is 40.7. The maximum absolute atomic E-state index is 2.43. The Balaban J connectivity index is 0.865. The minimum Gasteiger partial charge on any atom is -0.310 e. The van der Waals surface area contributed by atoms with Gasteiger partial charge in [0.15, 0.2) is 0 Å². The number of fused-ring (bicyclic) bond motifs is 9. The quantitative estimate of drug-likeness (QED) is 0.143. The predicted octanol–water partition coefficient (Wildman–Crippen LogP) is 18.8. The summed E-state index contributed by atoms with van der Waals surface area (Å²) in [5.41, 5.74) is 21.2. The monoisotopic (exact) mass is 934 g/mol. The Bertz CT molecular complexity index is 4210. The fourth-order valence-corrected chi connectivity index (χ4v) is 11.8. The number of anilines is 6. The van der Waals surface area contributed by atoms with E-state index in [1.165, 1.54) is 65.9 Å². The lowest BCUT2D eigenvalue weighted by molar-refractivity contribution is 0.660. The normalized spacial score (nSPS) is 12.6. The molecule has 1 aliphatic rings. The maximum Gasteiger partial charge on any atom is 0.0561 e. The second-order valence-corrected chi connectivity index (χ2v) is 19.8. The van der Waals surface area contributed by atoms with Crippen molar-refractivity contribution in [1.82, 2.24) is 9.13 Å². The summed E-state index contributed by atoms with van der Waals surface area (Å²) in [4.78, 5) is 4.79. The molecule has 14 rings (SSSR count). The molecular weight excluding hydrogens is 885 g/mol. The molecule has 73 heavy (non-hydrogen) atoms. The van der Waals surface area contributed by atoms with Crippen LogP contribution in [0.2, 0.25) is 0 Å². The van der Waals surface area contributed by atoms with Crippen molar-refractivity contribution in [2.45, 2.75) is 19.3 Å². The van der Waals surface area contributed by atoms with Crippen molar-refractivity contribution < 1.29 is 0 Å². The number of para-hydroxylation sites is 5. The van der Waals surface area contributed by atoms with Gasteiger partial charge in [-0.15, -0.1) is 0 Å². The summed E-state index contributed by atoms with van der Waals surface area (Å²) < 4.78 is 4.79. The van der Waals surface area contributed by atoms with Crippen LogP contribution in [0.1, 0.15) is 25.0 Å². The van der Waals surface area contributed by atoms with Gasteiger partial charge < -0.3 is 18.9 Å². The van der Waals surface area contributed by atoms with E-state index >= 15 is 0 Å². The lowest BCUT2D eigenvalue weighted by Gasteiger charge is -2.28. The van der Waals surface area contributed by atoms with Gasteiger partial charge in [-0.2, -0.15) is 0 Å². The van der Waals surface area contributed by atoms with Gasteiger partial charge in [-0.25, -0.2) is 0 Å². The van der Waals surface area contributed by atoms with E-state index in [0.29, 0.717) is 0 Å². The summed E-state index contributed by atoms with van der Waals surface area (Å²) in [6.07, 6.45) is 0. The minimum atomic E-state index is -0.0859. The summed E-state index contributed by atoms with van der Waals surface area (Å²) in [6, 6.07) is 97.5. The van der Waals surface area contributed by atoms with Gasteiger partial charge >= 0.3 is 0 Å². The van der Waals surface area contributed by atoms with Crippen molar-refractivity contribution in [2.24, 2.45) is 0 Å². The molecule has 346 valence electrons. The summed E-state index contributed by atoms with van der Waals surface area (Å²) in [7, 11) is 0. The van der Waals surface area contributed by atoms with Crippen LogP contribution in [0.15, 0.2) is 267 Å². The number of hydrogen-bond donors (Lipinski definition) is 0. The third-order valence-corrected chi connectivity index (χ3v) is 15.3. The SMILES string of the molecule is CC1(C)c2ccccc2-c2cc(N(c3ccc(-c4ccc(N(c5ccccc5)c5ccc6c7ccccc7n(-c7ccccc7)c6c5)cc4)cc3)c3ccc4c5ccccc5n(-c5ccccc5)c4c3)ccc21. The first-order valence-corrected chi connectivity index (χ1v) is 25.3. The number of benzene rings is 11. The highest BCUT2D eigenvalue weighted by molar-refractivity contribution is 6.11. The van der Waals surface area contributed by atoms with Crippen molar-refractivity contribution in [2.75, 3.05) is 9.80 Å². The van der Waals surface area contributed by atoms with E-state index in [9.17, 15) is 0 Å². The van der Waals surface area contributed by atoms with E-state index in [1.807, 2.05) is 0 Å². The lowest BCUT2D eigenvalue weighted by atomic mass is 9.82. The van der Waals surface area contributed by atoms with Crippen LogP contribution in [0.4, 0.5) is 34.1 Å². The molecule has 0 aliphatic heterocycles. The van der Waals surface area contributed by atoms with Gasteiger partial charge in [-0.1, -0.05) is 172 Å². The molecule has 4 heteroatoms. The number of hydrogen-bond acceptors (Lipinski definition) is 2. The van der Waals surface area contributed by atoms with E-state index in [4.69, 9.17) is 0 Å². The van der Waals surface area contributed by atoms with Gasteiger partial charge in [0.25, 0.3) is 0 Å². The molecule has 11 aromatic carbocycles. The van der Waals surface area contributed by atoms with Crippen LogP contribution in [0, 0.1) is 0 Å². The highest BCUT2D eigenvalue weighted by Crippen LogP contribution is 2.51. The molecule has 0 unspecified atom stereocenters. The largest absolute Gasteiger partial charge is 0.310 e. The van der Waals surface area contributed by atoms with E-state index in [1.54, 1.807) is 0 Å². The van der Waals surface area contributed by atoms with Gasteiger partial charge in [0.2, 0.25) is 0 Å². The van der Waals surface area contributed by atoms with Gasteiger partial charge in [-0.05, 0) is 143 Å². The third-order valence-electron chi connectivity index (χ3n) is 15.3. The molecule has 0 spiro atoms. The van der Waals surface area contributed by atoms with Crippen LogP contribution < -0.4 is 9.80 Å². The van der Waals surface area contributed by atoms with Gasteiger partial charge in [0.1, 0.15) is 0 Å². The fraction of sp³-hybridized carbons (Fsp3) is 0.0435. The molecule has 13 aromatic rings. The van der Waals surface area contributed by atoms with E-state index in [2.05, 4.69) is 300 Å². The van der Waals surface area contributed by atoms with Crippen LogP contribution in [0.5, 0.6) is 0 Å². The molecule has 0 amide bonds. The molecule has 1 aliphatic carbocycles. The average Bonchev–Trinajstić information content (AvgIpc) is 4.04. The van der Waals surface area contributed by atoms with Crippen molar-refractivity contribution >= 4 is 77.7 Å². The highest BCUT2D eigenvalue weighted by Gasteiger charge is 2.35. The Morgan fingerprint density at radius 1 is 0.274 bits per heavy atom. The zero-order valence-corrected chi connectivity index (χ0v) is 40.7. The van der Waals surface area contributed by atoms with E-state index < -0.39 is 0 Å². The second kappa shape index (κ2) is 16.9. The van der Waals surface area contributed by atoms with Gasteiger partial charge in [0.05, 0.1) is 22.1 Å². The molecule has 0 saturated heterocycles. The zero-order chi connectivity index (χ0) is 48.6. The Labute approximate surface area is 425 Å². The Kier molecular flexibility index (Phi) is 9.84. The molecule has 0 saturated carbocycles. The fourth-order valence-electron chi connectivity index (χ4n) is 11.8. The first-order valence-electron chi connectivity index (χ1n) is 25.3. The van der Waals surface area contributed by atoms with Crippen LogP contribution in [0.25, 0.3) is 77.2 Å². The van der Waals surface area contributed by atoms with Crippen LogP contribution in [0.3, 0.4) is 0 Å². The van der Waals surface area contributed by atoms with E-state index in [-0.39, 0.29) is 5.41 Å². The Morgan fingerprint density at radius 2 is 0.644 bits per heavy atom. The van der Waals surface area contributed by atoms with Crippen LogP contribution >= 0.6 is 0 Å². The third kappa shape index (κ3) is 6.90. The first kappa shape index (κ1) is 42.5. The summed E-state index contributed by atoms with van der Waals surface area (Å²) in [5, 5.41) is 4.95. The van der Waals surface area contributed by atoms with Crippen molar-refractivity contribution in [3.05, 3.63) is 278 Å². The van der Waals surface area contributed by atoms with Gasteiger partial charge in [0, 0.05) is 72.5 Å². The molecule has 0 radical (unpaired) electrons. The molecule has 0 N–H and O–H groups in total. The Morgan fingerprint density at radius 3 is 1.18 bits per heavy atom. The maximum atomic E-state index is 2.43. The molecule has 2 heterocycles. The van der Waals surface area contributed by atoms with Crippen molar-refractivity contribution in [3.8, 4) is 33.6 Å². The number of aromatic nitrogens is 2. The molecule has 4 nitrogen and oxygen atoms in total. The number of rotatable bonds is 9. The summed E-state index contributed by atoms with van der Waals surface area (Å²) in [6.45, 7) is 4.70. The molecule has 0 bridgehead atoms.